The summed E-state index contributed by atoms with van der Waals surface area (Å²) < 4.78 is 6.75. The molecule has 2 fully saturated rings. The number of hydrogen-bond donors (Lipinski definition) is 0. The molecule has 0 N–H and O–H groups in total. The smallest absolute Gasteiger partial charge is 0.286 e. The maximum absolute atomic E-state index is 13.9. The van der Waals surface area contributed by atoms with Crippen molar-refractivity contribution in [3.63, 3.8) is 0 Å². The van der Waals surface area contributed by atoms with Crippen molar-refractivity contribution in [1.29, 1.82) is 0 Å². The number of ether oxygens (including phenoxy) is 1. The monoisotopic (exact) mass is 538 g/mol. The van der Waals surface area contributed by atoms with Gasteiger partial charge in [0.2, 0.25) is 0 Å². The highest BCUT2D eigenvalue weighted by Crippen LogP contribution is 2.72. The van der Waals surface area contributed by atoms with Gasteiger partial charge < -0.3 is 4.74 Å². The highest BCUT2D eigenvalue weighted by atomic mass is 16.6. The lowest BCUT2D eigenvalue weighted by atomic mass is 9.62. The molecule has 0 bridgehead atoms. The van der Waals surface area contributed by atoms with Crippen LogP contribution in [-0.2, 0) is 5.54 Å². The maximum Gasteiger partial charge on any atom is 0.286 e. The Kier molecular flexibility index (Phi) is 4.50. The predicted molar refractivity (Wildman–Crippen MR) is 154 cm³/mol. The lowest BCUT2D eigenvalue weighted by Crippen LogP contribution is -2.59. The van der Waals surface area contributed by atoms with E-state index in [1.807, 2.05) is 91.0 Å². The molecule has 5 aromatic rings. The van der Waals surface area contributed by atoms with Gasteiger partial charge in [-0.25, -0.2) is 9.97 Å². The average molecular weight is 539 g/mol. The molecule has 0 unspecified atom stereocenters. The lowest BCUT2D eigenvalue weighted by molar-refractivity contribution is -0.591. The Morgan fingerprint density at radius 1 is 0.854 bits per heavy atom. The minimum atomic E-state index is -1.45. The second-order valence-electron chi connectivity index (χ2n) is 11.6. The molecule has 4 aromatic carbocycles. The molecule has 4 aliphatic rings. The highest BCUT2D eigenvalue weighted by molar-refractivity contribution is 5.85. The first-order chi connectivity index (χ1) is 20.2. The largest absolute Gasteiger partial charge is 0.478 e. The van der Waals surface area contributed by atoms with E-state index in [0.29, 0.717) is 12.2 Å². The van der Waals surface area contributed by atoms with Crippen molar-refractivity contribution < 1.29 is 9.66 Å². The van der Waals surface area contributed by atoms with Gasteiger partial charge in [-0.3, -0.25) is 15.0 Å². The summed E-state index contributed by atoms with van der Waals surface area (Å²) in [4.78, 5) is 26.9. The molecule has 3 aliphatic heterocycles. The first-order valence-electron chi connectivity index (χ1n) is 14.3. The molecular weight excluding hydrogens is 512 g/mol. The first kappa shape index (κ1) is 23.1. The van der Waals surface area contributed by atoms with E-state index in [1.165, 1.54) is 0 Å². The number of benzene rings is 4. The third kappa shape index (κ3) is 2.63. The van der Waals surface area contributed by atoms with Crippen molar-refractivity contribution in [1.82, 2.24) is 14.9 Å². The molecule has 7 heteroatoms. The van der Waals surface area contributed by atoms with E-state index in [1.54, 1.807) is 0 Å². The maximum atomic E-state index is 13.9. The van der Waals surface area contributed by atoms with E-state index >= 15 is 0 Å². The van der Waals surface area contributed by atoms with Crippen LogP contribution in [0.25, 0.3) is 22.3 Å². The molecule has 7 nitrogen and oxygen atoms in total. The first-order valence-corrected chi connectivity index (χ1v) is 14.3. The summed E-state index contributed by atoms with van der Waals surface area (Å²) in [5.41, 5.74) is 4.69. The van der Waals surface area contributed by atoms with Crippen LogP contribution in [0.2, 0.25) is 0 Å². The third-order valence-electron chi connectivity index (χ3n) is 9.96. The van der Waals surface area contributed by atoms with Gasteiger partial charge in [-0.15, -0.1) is 0 Å². The van der Waals surface area contributed by atoms with Gasteiger partial charge in [-0.2, -0.15) is 0 Å². The third-order valence-corrected chi connectivity index (χ3v) is 9.96. The zero-order valence-electron chi connectivity index (χ0n) is 22.2. The van der Waals surface area contributed by atoms with Crippen LogP contribution in [-0.4, -0.2) is 37.9 Å². The molecule has 0 radical (unpaired) electrons. The fourth-order valence-electron chi connectivity index (χ4n) is 8.68. The van der Waals surface area contributed by atoms with Gasteiger partial charge >= 0.3 is 0 Å². The van der Waals surface area contributed by atoms with Crippen LogP contribution >= 0.6 is 0 Å². The van der Waals surface area contributed by atoms with Crippen molar-refractivity contribution in [2.24, 2.45) is 0 Å². The summed E-state index contributed by atoms with van der Waals surface area (Å²) in [6, 6.07) is 33.6. The molecule has 5 atom stereocenters. The molecule has 1 aromatic heterocycles. The van der Waals surface area contributed by atoms with Gasteiger partial charge in [0.1, 0.15) is 11.3 Å². The lowest BCUT2D eigenvalue weighted by Gasteiger charge is -2.45. The fraction of sp³-hybridized carbons (Fsp3) is 0.235. The Balaban J connectivity index is 1.46. The Hall–Kier alpha value is -4.62. The number of nitrogens with zero attached hydrogens (tertiary/aromatic N) is 4. The van der Waals surface area contributed by atoms with Gasteiger partial charge in [0.15, 0.2) is 6.10 Å². The Morgan fingerprint density at radius 3 is 2.39 bits per heavy atom. The van der Waals surface area contributed by atoms with E-state index in [0.717, 1.165) is 57.6 Å². The summed E-state index contributed by atoms with van der Waals surface area (Å²) in [6.45, 7) is 0.739. The van der Waals surface area contributed by atoms with Crippen LogP contribution in [0.4, 0.5) is 0 Å². The Morgan fingerprint density at radius 2 is 1.56 bits per heavy atom. The zero-order chi connectivity index (χ0) is 27.3. The van der Waals surface area contributed by atoms with Crippen LogP contribution in [0.15, 0.2) is 103 Å². The standard InChI is InChI=1S/C34H26N4O3/c39-38(40)34-28-19-10-20-37(28)33(30(34)23-14-5-9-18-27(23)41-32(34)21-11-2-1-3-12-21)24-15-6-4-13-22(24)29-31(33)36-26-17-8-7-16-25(26)35-29/h1-9,11-18,28,30,32H,10,19-20H2/t28-,30+,32+,33+,34+/m0/s1. The minimum Gasteiger partial charge on any atom is -0.478 e. The quantitative estimate of drug-likeness (QED) is 0.195. The molecule has 9 rings (SSSR count). The molecule has 4 heterocycles. The van der Waals surface area contributed by atoms with Crippen LogP contribution in [0.3, 0.4) is 0 Å². The van der Waals surface area contributed by atoms with Crippen molar-refractivity contribution in [3.8, 4) is 17.0 Å². The van der Waals surface area contributed by atoms with E-state index in [9.17, 15) is 10.1 Å². The number of fused-ring (bicyclic) bond motifs is 13. The van der Waals surface area contributed by atoms with Crippen molar-refractivity contribution in [3.05, 3.63) is 136 Å². The molecular formula is C34H26N4O3. The average Bonchev–Trinajstić information content (AvgIpc) is 3.68. The Labute approximate surface area is 236 Å². The second-order valence-corrected chi connectivity index (χ2v) is 11.6. The molecule has 200 valence electrons. The number of aromatic nitrogens is 2. The summed E-state index contributed by atoms with van der Waals surface area (Å²) in [6.07, 6.45) is 0.816. The molecule has 0 saturated carbocycles. The predicted octanol–water partition coefficient (Wildman–Crippen LogP) is 6.26. The number of rotatable bonds is 2. The summed E-state index contributed by atoms with van der Waals surface area (Å²) in [7, 11) is 0. The van der Waals surface area contributed by atoms with Gasteiger partial charge in [0.05, 0.1) is 34.4 Å². The topological polar surface area (TPSA) is 81.4 Å². The van der Waals surface area contributed by atoms with Gasteiger partial charge in [-0.1, -0.05) is 84.9 Å². The fourth-order valence-corrected chi connectivity index (χ4v) is 8.68. The Bertz CT molecular complexity index is 1890. The van der Waals surface area contributed by atoms with Crippen LogP contribution in [0.5, 0.6) is 5.75 Å². The molecule has 0 amide bonds. The van der Waals surface area contributed by atoms with Crippen LogP contribution in [0.1, 0.15) is 47.2 Å². The number of para-hydroxylation sites is 3. The van der Waals surface area contributed by atoms with E-state index < -0.39 is 23.1 Å². The molecule has 2 saturated heterocycles. The normalized spacial score (nSPS) is 28.9. The van der Waals surface area contributed by atoms with Gasteiger partial charge in [0.25, 0.3) is 5.54 Å². The molecule has 1 aliphatic carbocycles. The van der Waals surface area contributed by atoms with Crippen molar-refractivity contribution in [2.75, 3.05) is 6.54 Å². The minimum absolute atomic E-state index is 0.00189. The second kappa shape index (κ2) is 7.98. The van der Waals surface area contributed by atoms with E-state index in [2.05, 4.69) is 17.0 Å². The van der Waals surface area contributed by atoms with Gasteiger partial charge in [-0.05, 0) is 42.2 Å². The summed E-state index contributed by atoms with van der Waals surface area (Å²) in [5.74, 6) is 0.146. The molecule has 41 heavy (non-hydrogen) atoms. The van der Waals surface area contributed by atoms with Crippen molar-refractivity contribution in [2.45, 2.75) is 42.0 Å². The number of hydrogen-bond acceptors (Lipinski definition) is 6. The van der Waals surface area contributed by atoms with E-state index in [-0.39, 0.29) is 11.0 Å². The summed E-state index contributed by atoms with van der Waals surface area (Å²) >= 11 is 0. The van der Waals surface area contributed by atoms with Crippen LogP contribution in [0, 0.1) is 10.1 Å². The highest BCUT2D eigenvalue weighted by Gasteiger charge is 2.82. The zero-order valence-corrected chi connectivity index (χ0v) is 22.2. The molecule has 1 spiro atoms. The SMILES string of the molecule is O=[N+]([O-])[C@@]12[C@@H](c3ccccc3)Oc3ccccc3[C@@H]1[C@@]1(c3ccccc3-c3nc4ccccc4nc31)N1CCC[C@H]12. The van der Waals surface area contributed by atoms with E-state index in [4.69, 9.17) is 14.7 Å². The van der Waals surface area contributed by atoms with Crippen LogP contribution < -0.4 is 4.74 Å². The van der Waals surface area contributed by atoms with Crippen molar-refractivity contribution >= 4 is 11.0 Å². The number of nitro groups is 1. The van der Waals surface area contributed by atoms with Gasteiger partial charge in [0, 0.05) is 22.6 Å². The summed E-state index contributed by atoms with van der Waals surface area (Å²) in [5, 5.41) is 13.9.